The van der Waals surface area contributed by atoms with E-state index in [1.807, 2.05) is 19.1 Å². The number of nitrogens with two attached hydrogens (primary N) is 1. The Morgan fingerprint density at radius 1 is 1.53 bits per heavy atom. The summed E-state index contributed by atoms with van der Waals surface area (Å²) >= 11 is 2.96. The van der Waals surface area contributed by atoms with Crippen molar-refractivity contribution >= 4 is 50.0 Å². The third kappa shape index (κ3) is 2.08. The Morgan fingerprint density at radius 2 is 2.32 bits per heavy atom. The normalized spacial score (nSPS) is 18.8. The largest absolute Gasteiger partial charge is 0.480 e. The van der Waals surface area contributed by atoms with Crippen molar-refractivity contribution in [3.63, 3.8) is 0 Å². The summed E-state index contributed by atoms with van der Waals surface area (Å²) in [6.07, 6.45) is 0. The maximum atomic E-state index is 10.9. The summed E-state index contributed by atoms with van der Waals surface area (Å²) in [7, 11) is 0. The first kappa shape index (κ1) is 12.4. The molecular formula is C12H11N3O2S2. The third-order valence-electron chi connectivity index (χ3n) is 2.97. The lowest BCUT2D eigenvalue weighted by Crippen LogP contribution is -2.17. The van der Waals surface area contributed by atoms with Crippen molar-refractivity contribution in [3.8, 4) is 0 Å². The van der Waals surface area contributed by atoms with Gasteiger partial charge in [-0.3, -0.25) is 4.99 Å². The van der Waals surface area contributed by atoms with Crippen LogP contribution >= 0.6 is 23.1 Å². The average Bonchev–Trinajstić information content (AvgIpc) is 2.99. The zero-order valence-corrected chi connectivity index (χ0v) is 11.7. The van der Waals surface area contributed by atoms with Crippen LogP contribution in [0, 0.1) is 6.92 Å². The predicted molar refractivity (Wildman–Crippen MR) is 79.2 cm³/mol. The van der Waals surface area contributed by atoms with Gasteiger partial charge in [-0.2, -0.15) is 0 Å². The molecule has 98 valence electrons. The lowest BCUT2D eigenvalue weighted by atomic mass is 10.2. The third-order valence-corrected chi connectivity index (χ3v) is 5.35. The summed E-state index contributed by atoms with van der Waals surface area (Å²) in [6, 6.07) is 3.07. The maximum Gasteiger partial charge on any atom is 0.329 e. The molecular weight excluding hydrogens is 282 g/mol. The molecule has 0 saturated heterocycles. The molecule has 1 atom stereocenters. The number of thioether (sulfide) groups is 1. The molecule has 3 N–H and O–H groups in total. The van der Waals surface area contributed by atoms with Crippen LogP contribution < -0.4 is 5.73 Å². The minimum atomic E-state index is -0.885. The number of aryl methyl sites for hydroxylation is 1. The molecule has 5 nitrogen and oxygen atoms in total. The summed E-state index contributed by atoms with van der Waals surface area (Å²) in [5, 5.41) is 10.4. The van der Waals surface area contributed by atoms with Gasteiger partial charge >= 0.3 is 5.97 Å². The van der Waals surface area contributed by atoms with Gasteiger partial charge in [0, 0.05) is 11.4 Å². The van der Waals surface area contributed by atoms with Crippen LogP contribution in [-0.4, -0.2) is 32.9 Å². The van der Waals surface area contributed by atoms with Crippen LogP contribution in [0.4, 0.5) is 5.69 Å². The Bertz CT molecular complexity index is 708. The van der Waals surface area contributed by atoms with Crippen LogP contribution in [0.3, 0.4) is 0 Å². The molecule has 2 aromatic rings. The monoisotopic (exact) mass is 293 g/mol. The lowest BCUT2D eigenvalue weighted by molar-refractivity contribution is -0.137. The summed E-state index contributed by atoms with van der Waals surface area (Å²) < 4.78 is 1.04. The number of fused-ring (bicyclic) bond motifs is 1. The van der Waals surface area contributed by atoms with Crippen LogP contribution in [0.25, 0.3) is 10.2 Å². The number of carboxylic acids is 1. The maximum absolute atomic E-state index is 10.9. The second-order valence-electron chi connectivity index (χ2n) is 4.25. The van der Waals surface area contributed by atoms with Crippen LogP contribution in [0.2, 0.25) is 0 Å². The molecule has 0 radical (unpaired) electrons. The lowest BCUT2D eigenvalue weighted by Gasteiger charge is -1.98. The predicted octanol–water partition coefficient (Wildman–Crippen LogP) is 2.13. The Labute approximate surface area is 117 Å². The number of carboxylic acid groups (broad SMARTS) is 1. The number of anilines is 1. The molecule has 0 spiro atoms. The van der Waals surface area contributed by atoms with E-state index in [1.165, 1.54) is 23.1 Å². The van der Waals surface area contributed by atoms with E-state index in [0.29, 0.717) is 10.8 Å². The number of benzene rings is 1. The van der Waals surface area contributed by atoms with Gasteiger partial charge in [-0.25, -0.2) is 9.78 Å². The van der Waals surface area contributed by atoms with Gasteiger partial charge in [0.15, 0.2) is 6.04 Å². The van der Waals surface area contributed by atoms with Crippen LogP contribution in [0.5, 0.6) is 0 Å². The number of aromatic nitrogens is 1. The number of nitrogen functional groups attached to an aromatic ring is 1. The van der Waals surface area contributed by atoms with Crippen molar-refractivity contribution < 1.29 is 9.90 Å². The van der Waals surface area contributed by atoms with Crippen molar-refractivity contribution in [3.05, 3.63) is 22.7 Å². The molecule has 0 bridgehead atoms. The fourth-order valence-electron chi connectivity index (χ4n) is 1.85. The van der Waals surface area contributed by atoms with Gasteiger partial charge in [0.05, 0.1) is 10.2 Å². The molecule has 1 aliphatic heterocycles. The van der Waals surface area contributed by atoms with E-state index >= 15 is 0 Å². The molecule has 3 rings (SSSR count). The van der Waals surface area contributed by atoms with Gasteiger partial charge in [0.25, 0.3) is 0 Å². The molecule has 1 aliphatic rings. The highest BCUT2D eigenvalue weighted by atomic mass is 32.2. The minimum Gasteiger partial charge on any atom is -0.480 e. The Balaban J connectivity index is 2.05. The fourth-order valence-corrected chi connectivity index (χ4v) is 4.02. The van der Waals surface area contributed by atoms with Gasteiger partial charge in [-0.15, -0.1) is 23.1 Å². The van der Waals surface area contributed by atoms with E-state index < -0.39 is 12.0 Å². The van der Waals surface area contributed by atoms with Crippen LogP contribution in [0.15, 0.2) is 17.1 Å². The van der Waals surface area contributed by atoms with Crippen molar-refractivity contribution in [2.24, 2.45) is 4.99 Å². The first-order chi connectivity index (χ1) is 9.06. The van der Waals surface area contributed by atoms with Gasteiger partial charge in [-0.1, -0.05) is 0 Å². The highest BCUT2D eigenvalue weighted by Crippen LogP contribution is 2.33. The van der Waals surface area contributed by atoms with Gasteiger partial charge < -0.3 is 10.8 Å². The van der Waals surface area contributed by atoms with E-state index in [9.17, 15) is 4.79 Å². The molecule has 1 aromatic carbocycles. The number of aliphatic imine (C=N–C) groups is 1. The molecule has 0 aliphatic carbocycles. The van der Waals surface area contributed by atoms with Crippen molar-refractivity contribution in [1.29, 1.82) is 0 Å². The number of hydrogen-bond acceptors (Lipinski definition) is 6. The highest BCUT2D eigenvalue weighted by molar-refractivity contribution is 8.15. The van der Waals surface area contributed by atoms with Gasteiger partial charge in [0.1, 0.15) is 10.1 Å². The SMILES string of the molecule is Cc1c(N)ccc2nc(C3=N[C@@H](C(=O)O)CS3)sc12. The van der Waals surface area contributed by atoms with E-state index in [4.69, 9.17) is 10.8 Å². The van der Waals surface area contributed by atoms with Crippen LogP contribution in [0.1, 0.15) is 10.6 Å². The standard InChI is InChI=1S/C12H11N3O2S2/c1-5-6(13)2-3-7-9(5)19-11(14-7)10-15-8(4-18-10)12(16)17/h2-3,8H,4,13H2,1H3,(H,16,17)/t8-/m1/s1. The summed E-state index contributed by atoms with van der Waals surface area (Å²) in [6.45, 7) is 1.96. The zero-order valence-electron chi connectivity index (χ0n) is 10.1. The number of thiazole rings is 1. The molecule has 7 heteroatoms. The molecule has 19 heavy (non-hydrogen) atoms. The molecule has 0 amide bonds. The smallest absolute Gasteiger partial charge is 0.329 e. The van der Waals surface area contributed by atoms with Gasteiger partial charge in [-0.05, 0) is 24.6 Å². The summed E-state index contributed by atoms with van der Waals surface area (Å²) in [4.78, 5) is 19.6. The van der Waals surface area contributed by atoms with Crippen molar-refractivity contribution in [2.45, 2.75) is 13.0 Å². The van der Waals surface area contributed by atoms with Crippen molar-refractivity contribution in [1.82, 2.24) is 4.98 Å². The van der Waals surface area contributed by atoms with E-state index in [1.54, 1.807) is 0 Å². The number of hydrogen-bond donors (Lipinski definition) is 2. The Hall–Kier alpha value is -1.60. The molecule has 1 aromatic heterocycles. The van der Waals surface area contributed by atoms with E-state index in [-0.39, 0.29) is 0 Å². The second kappa shape index (κ2) is 4.50. The first-order valence-electron chi connectivity index (χ1n) is 5.65. The van der Waals surface area contributed by atoms with Gasteiger partial charge in [0.2, 0.25) is 0 Å². The molecule has 0 fully saturated rings. The number of rotatable bonds is 2. The Kier molecular flexibility index (Phi) is 2.94. The quantitative estimate of drug-likeness (QED) is 0.828. The average molecular weight is 293 g/mol. The number of aliphatic carboxylic acids is 1. The second-order valence-corrected chi connectivity index (χ2v) is 6.25. The van der Waals surface area contributed by atoms with Crippen molar-refractivity contribution in [2.75, 3.05) is 11.5 Å². The van der Waals surface area contributed by atoms with Crippen LogP contribution in [-0.2, 0) is 4.79 Å². The Morgan fingerprint density at radius 3 is 3.00 bits per heavy atom. The number of nitrogens with zero attached hydrogens (tertiary/aromatic N) is 2. The highest BCUT2D eigenvalue weighted by Gasteiger charge is 2.27. The summed E-state index contributed by atoms with van der Waals surface area (Å²) in [5.41, 5.74) is 8.52. The topological polar surface area (TPSA) is 88.6 Å². The molecule has 0 unspecified atom stereocenters. The minimum absolute atomic E-state index is 0.474. The first-order valence-corrected chi connectivity index (χ1v) is 7.46. The zero-order chi connectivity index (χ0) is 13.6. The molecule has 2 heterocycles. The van der Waals surface area contributed by atoms with E-state index in [2.05, 4.69) is 9.98 Å². The number of carbonyl (C=O) groups is 1. The fraction of sp³-hybridized carbons (Fsp3) is 0.250. The molecule has 0 saturated carbocycles. The summed E-state index contributed by atoms with van der Waals surface area (Å²) in [5.74, 6) is -0.411. The van der Waals surface area contributed by atoms with E-state index in [0.717, 1.165) is 26.5 Å².